The molecule has 0 saturated heterocycles. The SMILES string of the molecule is C[C@@H]1CCCC[C@@H]1NC(=O)COC(=O)c1ccccc1-c1ccccc1C#N. The molecule has 0 radical (unpaired) electrons. The van der Waals surface area contributed by atoms with Crippen molar-refractivity contribution < 1.29 is 14.3 Å². The lowest BCUT2D eigenvalue weighted by atomic mass is 9.86. The number of amides is 1. The number of nitrogens with zero attached hydrogens (tertiary/aromatic N) is 1. The van der Waals surface area contributed by atoms with Gasteiger partial charge in [-0.15, -0.1) is 0 Å². The van der Waals surface area contributed by atoms with Crippen molar-refractivity contribution in [3.63, 3.8) is 0 Å². The van der Waals surface area contributed by atoms with Crippen LogP contribution in [0.15, 0.2) is 48.5 Å². The van der Waals surface area contributed by atoms with Crippen molar-refractivity contribution in [1.29, 1.82) is 5.26 Å². The summed E-state index contributed by atoms with van der Waals surface area (Å²) < 4.78 is 5.27. The van der Waals surface area contributed by atoms with Gasteiger partial charge in [0.25, 0.3) is 5.91 Å². The van der Waals surface area contributed by atoms with Crippen LogP contribution in [0.4, 0.5) is 0 Å². The van der Waals surface area contributed by atoms with Crippen LogP contribution < -0.4 is 5.32 Å². The molecule has 1 amide bonds. The van der Waals surface area contributed by atoms with E-state index >= 15 is 0 Å². The van der Waals surface area contributed by atoms with E-state index < -0.39 is 5.97 Å². The summed E-state index contributed by atoms with van der Waals surface area (Å²) >= 11 is 0. The van der Waals surface area contributed by atoms with E-state index in [1.807, 2.05) is 6.07 Å². The minimum Gasteiger partial charge on any atom is -0.452 e. The number of esters is 1. The van der Waals surface area contributed by atoms with Gasteiger partial charge in [-0.3, -0.25) is 4.79 Å². The van der Waals surface area contributed by atoms with E-state index in [-0.39, 0.29) is 18.6 Å². The molecule has 0 aromatic heterocycles. The minimum absolute atomic E-state index is 0.148. The van der Waals surface area contributed by atoms with Crippen molar-refractivity contribution in [2.24, 2.45) is 5.92 Å². The third kappa shape index (κ3) is 4.58. The Morgan fingerprint density at radius 3 is 2.50 bits per heavy atom. The molecule has 2 aromatic rings. The average Bonchev–Trinajstić information content (AvgIpc) is 2.73. The molecule has 3 rings (SSSR count). The Hall–Kier alpha value is -3.13. The minimum atomic E-state index is -0.574. The second-order valence-electron chi connectivity index (χ2n) is 7.21. The van der Waals surface area contributed by atoms with Gasteiger partial charge in [-0.2, -0.15) is 5.26 Å². The largest absolute Gasteiger partial charge is 0.452 e. The number of carbonyl (C=O) groups excluding carboxylic acids is 2. The maximum Gasteiger partial charge on any atom is 0.339 e. The molecule has 0 aliphatic heterocycles. The van der Waals surface area contributed by atoms with E-state index in [4.69, 9.17) is 4.74 Å². The molecule has 2 aromatic carbocycles. The molecule has 2 atom stereocenters. The lowest BCUT2D eigenvalue weighted by Gasteiger charge is -2.29. The van der Waals surface area contributed by atoms with Gasteiger partial charge in [0, 0.05) is 11.6 Å². The number of hydrogen-bond acceptors (Lipinski definition) is 4. The van der Waals surface area contributed by atoms with Crippen LogP contribution in [-0.4, -0.2) is 24.5 Å². The second-order valence-corrected chi connectivity index (χ2v) is 7.21. The Bertz CT molecular complexity index is 901. The lowest BCUT2D eigenvalue weighted by Crippen LogP contribution is -2.42. The topological polar surface area (TPSA) is 79.2 Å². The summed E-state index contributed by atoms with van der Waals surface area (Å²) in [5, 5.41) is 12.3. The predicted molar refractivity (Wildman–Crippen MR) is 106 cm³/mol. The third-order valence-electron chi connectivity index (χ3n) is 5.28. The van der Waals surface area contributed by atoms with Crippen LogP contribution in [0.25, 0.3) is 11.1 Å². The van der Waals surface area contributed by atoms with E-state index in [2.05, 4.69) is 18.3 Å². The van der Waals surface area contributed by atoms with Gasteiger partial charge in [0.2, 0.25) is 0 Å². The summed E-state index contributed by atoms with van der Waals surface area (Å²) in [5.41, 5.74) is 2.10. The number of benzene rings is 2. The van der Waals surface area contributed by atoms with Gasteiger partial charge < -0.3 is 10.1 Å². The Morgan fingerprint density at radius 2 is 1.75 bits per heavy atom. The number of hydrogen-bond donors (Lipinski definition) is 1. The standard InChI is InChI=1S/C23H24N2O3/c1-16-8-2-7-13-21(16)25-22(26)15-28-23(27)20-12-6-5-11-19(20)18-10-4-3-9-17(18)14-24/h3-6,9-12,16,21H,2,7-8,13,15H2,1H3,(H,25,26)/t16-,21+/m1/s1. The van der Waals surface area contributed by atoms with Gasteiger partial charge in [-0.05, 0) is 36.5 Å². The highest BCUT2D eigenvalue weighted by Gasteiger charge is 2.23. The smallest absolute Gasteiger partial charge is 0.339 e. The van der Waals surface area contributed by atoms with Gasteiger partial charge in [0.15, 0.2) is 6.61 Å². The molecule has 1 saturated carbocycles. The zero-order valence-corrected chi connectivity index (χ0v) is 16.0. The number of rotatable bonds is 5. The molecule has 144 valence electrons. The fourth-order valence-corrected chi connectivity index (χ4v) is 3.70. The van der Waals surface area contributed by atoms with Crippen molar-refractivity contribution in [1.82, 2.24) is 5.32 Å². The maximum absolute atomic E-state index is 12.6. The van der Waals surface area contributed by atoms with Gasteiger partial charge in [-0.25, -0.2) is 4.79 Å². The first-order chi connectivity index (χ1) is 13.6. The summed E-state index contributed by atoms with van der Waals surface area (Å²) in [7, 11) is 0. The highest BCUT2D eigenvalue weighted by molar-refractivity contribution is 5.98. The molecule has 1 aliphatic carbocycles. The Kier molecular flexibility index (Phi) is 6.44. The van der Waals surface area contributed by atoms with Crippen LogP contribution >= 0.6 is 0 Å². The molecule has 1 aliphatic rings. The molecule has 1 N–H and O–H groups in total. The molecule has 0 spiro atoms. The van der Waals surface area contributed by atoms with Crippen molar-refractivity contribution in [2.45, 2.75) is 38.6 Å². The maximum atomic E-state index is 12.6. The Morgan fingerprint density at radius 1 is 1.07 bits per heavy atom. The van der Waals surface area contributed by atoms with E-state index in [0.717, 1.165) is 19.3 Å². The summed E-state index contributed by atoms with van der Waals surface area (Å²) in [4.78, 5) is 24.8. The fourth-order valence-electron chi connectivity index (χ4n) is 3.70. The van der Waals surface area contributed by atoms with Crippen molar-refractivity contribution in [2.75, 3.05) is 6.61 Å². The number of ether oxygens (including phenoxy) is 1. The van der Waals surface area contributed by atoms with Gasteiger partial charge >= 0.3 is 5.97 Å². The molecule has 0 unspecified atom stereocenters. The average molecular weight is 376 g/mol. The normalized spacial score (nSPS) is 18.7. The summed E-state index contributed by atoms with van der Waals surface area (Å²) in [6.45, 7) is 1.83. The highest BCUT2D eigenvalue weighted by Crippen LogP contribution is 2.27. The van der Waals surface area contributed by atoms with Crippen LogP contribution in [0.1, 0.15) is 48.5 Å². The van der Waals surface area contributed by atoms with Crippen LogP contribution in [0.5, 0.6) is 0 Å². The predicted octanol–water partition coefficient (Wildman–Crippen LogP) is 4.08. The number of nitrogens with one attached hydrogen (secondary N) is 1. The molecule has 0 bridgehead atoms. The van der Waals surface area contributed by atoms with E-state index in [1.165, 1.54) is 6.42 Å². The highest BCUT2D eigenvalue weighted by atomic mass is 16.5. The quantitative estimate of drug-likeness (QED) is 0.798. The summed E-state index contributed by atoms with van der Waals surface area (Å²) in [6.07, 6.45) is 4.38. The molecular formula is C23H24N2O3. The first-order valence-corrected chi connectivity index (χ1v) is 9.65. The van der Waals surface area contributed by atoms with Crippen LogP contribution in [0.3, 0.4) is 0 Å². The fraction of sp³-hybridized carbons (Fsp3) is 0.348. The van der Waals surface area contributed by atoms with Crippen molar-refractivity contribution in [3.8, 4) is 17.2 Å². The van der Waals surface area contributed by atoms with Crippen LogP contribution in [-0.2, 0) is 9.53 Å². The zero-order chi connectivity index (χ0) is 19.9. The molecular weight excluding hydrogens is 352 g/mol. The molecule has 1 fully saturated rings. The molecule has 0 heterocycles. The Labute approximate surface area is 165 Å². The summed E-state index contributed by atoms with van der Waals surface area (Å²) in [6, 6.07) is 16.3. The molecule has 28 heavy (non-hydrogen) atoms. The van der Waals surface area contributed by atoms with Gasteiger partial charge in [-0.1, -0.05) is 56.2 Å². The summed E-state index contributed by atoms with van der Waals surface area (Å²) in [5.74, 6) is -0.409. The van der Waals surface area contributed by atoms with Crippen molar-refractivity contribution in [3.05, 3.63) is 59.7 Å². The second kappa shape index (κ2) is 9.18. The first kappa shape index (κ1) is 19.6. The Balaban J connectivity index is 1.68. The molecule has 5 heteroatoms. The lowest BCUT2D eigenvalue weighted by molar-refractivity contribution is -0.125. The molecule has 5 nitrogen and oxygen atoms in total. The monoisotopic (exact) mass is 376 g/mol. The van der Waals surface area contributed by atoms with E-state index in [0.29, 0.717) is 28.2 Å². The number of carbonyl (C=O) groups is 2. The van der Waals surface area contributed by atoms with Crippen molar-refractivity contribution >= 4 is 11.9 Å². The van der Waals surface area contributed by atoms with E-state index in [1.54, 1.807) is 42.5 Å². The first-order valence-electron chi connectivity index (χ1n) is 9.65. The third-order valence-corrected chi connectivity index (χ3v) is 5.28. The van der Waals surface area contributed by atoms with Gasteiger partial charge in [0.05, 0.1) is 17.2 Å². The number of nitriles is 1. The van der Waals surface area contributed by atoms with Gasteiger partial charge in [0.1, 0.15) is 0 Å². The zero-order valence-electron chi connectivity index (χ0n) is 16.0. The van der Waals surface area contributed by atoms with Crippen LogP contribution in [0, 0.1) is 17.2 Å². The van der Waals surface area contributed by atoms with Crippen LogP contribution in [0.2, 0.25) is 0 Å². The van der Waals surface area contributed by atoms with E-state index in [9.17, 15) is 14.9 Å².